The summed E-state index contributed by atoms with van der Waals surface area (Å²) in [5.74, 6) is 0.351. The van der Waals surface area contributed by atoms with Crippen LogP contribution in [-0.4, -0.2) is 31.1 Å². The number of rotatable bonds is 6. The number of carbonyl (C=O) groups excluding carboxylic acids is 2. The molecule has 0 aromatic rings. The first-order valence-electron chi connectivity index (χ1n) is 6.73. The second-order valence-corrected chi connectivity index (χ2v) is 5.47. The SMILES string of the molecule is CCNC(=O)NC(=O)C(C)NCC1(C(C)C)CC1. The zero-order chi connectivity index (χ0) is 13.8. The van der Waals surface area contributed by atoms with E-state index in [0.717, 1.165) is 6.54 Å². The van der Waals surface area contributed by atoms with E-state index < -0.39 is 6.03 Å². The number of imide groups is 1. The van der Waals surface area contributed by atoms with Gasteiger partial charge in [-0.25, -0.2) is 4.79 Å². The summed E-state index contributed by atoms with van der Waals surface area (Å²) in [5.41, 5.74) is 0.361. The van der Waals surface area contributed by atoms with Gasteiger partial charge < -0.3 is 10.6 Å². The van der Waals surface area contributed by atoms with Crippen LogP contribution >= 0.6 is 0 Å². The topological polar surface area (TPSA) is 70.2 Å². The monoisotopic (exact) mass is 255 g/mol. The Morgan fingerprint density at radius 1 is 1.22 bits per heavy atom. The summed E-state index contributed by atoms with van der Waals surface area (Å²) in [6.07, 6.45) is 2.45. The van der Waals surface area contributed by atoms with E-state index >= 15 is 0 Å². The van der Waals surface area contributed by atoms with Crippen LogP contribution in [0.2, 0.25) is 0 Å². The first-order chi connectivity index (χ1) is 8.41. The van der Waals surface area contributed by atoms with E-state index in [1.165, 1.54) is 12.8 Å². The summed E-state index contributed by atoms with van der Waals surface area (Å²) in [4.78, 5) is 22.9. The molecular formula is C13H25N3O2. The van der Waals surface area contributed by atoms with Gasteiger partial charge in [0.2, 0.25) is 5.91 Å². The fraction of sp³-hybridized carbons (Fsp3) is 0.846. The van der Waals surface area contributed by atoms with Gasteiger partial charge in [0.25, 0.3) is 0 Å². The molecule has 1 rings (SSSR count). The number of urea groups is 1. The van der Waals surface area contributed by atoms with Crippen molar-refractivity contribution in [2.45, 2.75) is 46.6 Å². The number of amides is 3. The third-order valence-corrected chi connectivity index (χ3v) is 3.84. The smallest absolute Gasteiger partial charge is 0.321 e. The summed E-state index contributed by atoms with van der Waals surface area (Å²) in [6, 6.07) is -0.773. The molecule has 1 fully saturated rings. The van der Waals surface area contributed by atoms with Gasteiger partial charge >= 0.3 is 6.03 Å². The van der Waals surface area contributed by atoms with Crippen molar-refractivity contribution >= 4 is 11.9 Å². The third kappa shape index (κ3) is 3.98. The fourth-order valence-electron chi connectivity index (χ4n) is 1.99. The van der Waals surface area contributed by atoms with Crippen molar-refractivity contribution in [1.82, 2.24) is 16.0 Å². The van der Waals surface area contributed by atoms with E-state index in [1.54, 1.807) is 6.92 Å². The lowest BCUT2D eigenvalue weighted by Gasteiger charge is -2.22. The molecule has 0 aromatic heterocycles. The Kier molecular flexibility index (Phi) is 5.14. The zero-order valence-electron chi connectivity index (χ0n) is 11.8. The Balaban J connectivity index is 2.30. The molecule has 0 radical (unpaired) electrons. The molecule has 0 bridgehead atoms. The molecule has 5 nitrogen and oxygen atoms in total. The maximum atomic E-state index is 11.7. The van der Waals surface area contributed by atoms with E-state index in [1.807, 2.05) is 6.92 Å². The molecular weight excluding hydrogens is 230 g/mol. The van der Waals surface area contributed by atoms with Crippen molar-refractivity contribution in [3.8, 4) is 0 Å². The third-order valence-electron chi connectivity index (χ3n) is 3.84. The molecule has 3 amide bonds. The zero-order valence-corrected chi connectivity index (χ0v) is 11.8. The van der Waals surface area contributed by atoms with E-state index in [2.05, 4.69) is 29.8 Å². The van der Waals surface area contributed by atoms with Crippen molar-refractivity contribution in [2.24, 2.45) is 11.3 Å². The highest BCUT2D eigenvalue weighted by Gasteiger charge is 2.45. The van der Waals surface area contributed by atoms with Crippen LogP contribution in [0.4, 0.5) is 4.79 Å². The molecule has 1 saturated carbocycles. The Bertz CT molecular complexity index is 311. The Labute approximate surface area is 109 Å². The van der Waals surface area contributed by atoms with Crippen LogP contribution in [0.1, 0.15) is 40.5 Å². The van der Waals surface area contributed by atoms with E-state index in [-0.39, 0.29) is 11.9 Å². The predicted octanol–water partition coefficient (Wildman–Crippen LogP) is 1.25. The quantitative estimate of drug-likeness (QED) is 0.669. The molecule has 1 atom stereocenters. The van der Waals surface area contributed by atoms with Crippen molar-refractivity contribution in [2.75, 3.05) is 13.1 Å². The molecule has 18 heavy (non-hydrogen) atoms. The minimum Gasteiger partial charge on any atom is -0.338 e. The molecule has 1 aliphatic carbocycles. The predicted molar refractivity (Wildman–Crippen MR) is 71.2 cm³/mol. The van der Waals surface area contributed by atoms with Crippen LogP contribution in [0.3, 0.4) is 0 Å². The molecule has 1 unspecified atom stereocenters. The minimum absolute atomic E-state index is 0.277. The Morgan fingerprint density at radius 2 is 1.83 bits per heavy atom. The molecule has 1 aliphatic rings. The van der Waals surface area contributed by atoms with Crippen LogP contribution in [0.5, 0.6) is 0 Å². The highest BCUT2D eigenvalue weighted by molar-refractivity contribution is 5.96. The van der Waals surface area contributed by atoms with Crippen molar-refractivity contribution < 1.29 is 9.59 Å². The molecule has 0 saturated heterocycles. The van der Waals surface area contributed by atoms with Crippen LogP contribution in [0.15, 0.2) is 0 Å². The molecule has 0 aliphatic heterocycles. The van der Waals surface area contributed by atoms with E-state index in [9.17, 15) is 9.59 Å². The summed E-state index contributed by atoms with van der Waals surface area (Å²) >= 11 is 0. The van der Waals surface area contributed by atoms with Gasteiger partial charge in [0.15, 0.2) is 0 Å². The van der Waals surface area contributed by atoms with Crippen molar-refractivity contribution in [3.63, 3.8) is 0 Å². The lowest BCUT2D eigenvalue weighted by atomic mass is 9.92. The first kappa shape index (κ1) is 15.0. The second kappa shape index (κ2) is 6.18. The molecule has 0 heterocycles. The normalized spacial score (nSPS) is 18.3. The lowest BCUT2D eigenvalue weighted by molar-refractivity contribution is -0.121. The number of carbonyl (C=O) groups is 2. The molecule has 0 aromatic carbocycles. The number of nitrogens with one attached hydrogen (secondary N) is 3. The first-order valence-corrected chi connectivity index (χ1v) is 6.73. The maximum Gasteiger partial charge on any atom is 0.321 e. The average Bonchev–Trinajstić information content (AvgIpc) is 3.07. The average molecular weight is 255 g/mol. The summed E-state index contributed by atoms with van der Waals surface area (Å²) in [7, 11) is 0. The van der Waals surface area contributed by atoms with Crippen LogP contribution in [-0.2, 0) is 4.79 Å². The fourth-order valence-corrected chi connectivity index (χ4v) is 1.99. The van der Waals surface area contributed by atoms with Gasteiger partial charge in [0.1, 0.15) is 0 Å². The van der Waals surface area contributed by atoms with Gasteiger partial charge in [0.05, 0.1) is 6.04 Å². The summed E-state index contributed by atoms with van der Waals surface area (Å²) in [6.45, 7) is 9.38. The molecule has 3 N–H and O–H groups in total. The Hall–Kier alpha value is -1.10. The molecule has 5 heteroatoms. The largest absolute Gasteiger partial charge is 0.338 e. The highest BCUT2D eigenvalue weighted by atomic mass is 16.2. The van der Waals surface area contributed by atoms with Crippen molar-refractivity contribution in [1.29, 1.82) is 0 Å². The van der Waals surface area contributed by atoms with E-state index in [4.69, 9.17) is 0 Å². The number of hydrogen-bond acceptors (Lipinski definition) is 3. The van der Waals surface area contributed by atoms with Gasteiger partial charge in [0, 0.05) is 13.1 Å². The highest BCUT2D eigenvalue weighted by Crippen LogP contribution is 2.51. The van der Waals surface area contributed by atoms with Crippen molar-refractivity contribution in [3.05, 3.63) is 0 Å². The summed E-state index contributed by atoms with van der Waals surface area (Å²) < 4.78 is 0. The van der Waals surface area contributed by atoms with Gasteiger partial charge in [-0.15, -0.1) is 0 Å². The van der Waals surface area contributed by atoms with Crippen LogP contribution in [0, 0.1) is 11.3 Å². The molecule has 104 valence electrons. The Morgan fingerprint density at radius 3 is 2.28 bits per heavy atom. The molecule has 0 spiro atoms. The summed E-state index contributed by atoms with van der Waals surface area (Å²) in [5, 5.41) is 8.07. The van der Waals surface area contributed by atoms with Gasteiger partial charge in [-0.2, -0.15) is 0 Å². The number of hydrogen-bond donors (Lipinski definition) is 3. The lowest BCUT2D eigenvalue weighted by Crippen LogP contribution is -2.49. The van der Waals surface area contributed by atoms with Crippen LogP contribution in [0.25, 0.3) is 0 Å². The standard InChI is InChI=1S/C13H25N3O2/c1-5-14-12(18)16-11(17)10(4)15-8-13(6-7-13)9(2)3/h9-10,15H,5-8H2,1-4H3,(H2,14,16,17,18). The second-order valence-electron chi connectivity index (χ2n) is 5.47. The maximum absolute atomic E-state index is 11.7. The van der Waals surface area contributed by atoms with Gasteiger partial charge in [-0.3, -0.25) is 10.1 Å². The van der Waals surface area contributed by atoms with Gasteiger partial charge in [-0.05, 0) is 38.0 Å². The minimum atomic E-state index is -0.429. The van der Waals surface area contributed by atoms with E-state index in [0.29, 0.717) is 17.9 Å². The van der Waals surface area contributed by atoms with Crippen LogP contribution < -0.4 is 16.0 Å². The van der Waals surface area contributed by atoms with Gasteiger partial charge in [-0.1, -0.05) is 13.8 Å².